The Kier molecular flexibility index (Phi) is 6.32. The van der Waals surface area contributed by atoms with Gasteiger partial charge in [0.05, 0.1) is 36.8 Å². The van der Waals surface area contributed by atoms with Crippen LogP contribution in [0.2, 0.25) is 0 Å². The molecule has 4 aliphatic rings. The van der Waals surface area contributed by atoms with E-state index in [1.165, 1.54) is 0 Å². The fourth-order valence-electron chi connectivity index (χ4n) is 6.54. The van der Waals surface area contributed by atoms with Crippen LogP contribution in [0.3, 0.4) is 0 Å². The number of methoxy groups -OCH3 is 2. The van der Waals surface area contributed by atoms with E-state index in [2.05, 4.69) is 6.58 Å². The Morgan fingerprint density at radius 2 is 1.73 bits per heavy atom. The number of hydrogen-bond acceptors (Lipinski definition) is 8. The summed E-state index contributed by atoms with van der Waals surface area (Å²) in [5.41, 5.74) is 1.78. The Bertz CT molecular complexity index is 1470. The number of nitrogens with zero attached hydrogens (tertiary/aromatic N) is 1. The summed E-state index contributed by atoms with van der Waals surface area (Å²) in [6.07, 6.45) is 0.964. The predicted molar refractivity (Wildman–Crippen MR) is 149 cm³/mol. The second-order valence-corrected chi connectivity index (χ2v) is 12.2. The lowest BCUT2D eigenvalue weighted by atomic mass is 9.79. The Labute approximate surface area is 240 Å². The summed E-state index contributed by atoms with van der Waals surface area (Å²) in [5, 5.41) is 14.0. The van der Waals surface area contributed by atoms with Crippen molar-refractivity contribution in [2.75, 3.05) is 20.8 Å². The van der Waals surface area contributed by atoms with Gasteiger partial charge in [-0.3, -0.25) is 0 Å². The SMILES string of the molecule is C=C(C)[C@H]1Cc2c(ccc3c2O[C@@H]2COc4cc(OC)c(OC)cc4[C@@H]2[C@@H]3OC(=O)C2=CC(C)(C)N([O])C2(C)C)O1. The van der Waals surface area contributed by atoms with Gasteiger partial charge in [0, 0.05) is 29.2 Å². The average molecular weight is 563 g/mol. The average Bonchev–Trinajstić information content (AvgIpc) is 3.45. The molecule has 0 aliphatic carbocycles. The molecule has 0 unspecified atom stereocenters. The Morgan fingerprint density at radius 3 is 2.37 bits per heavy atom. The lowest BCUT2D eigenvalue weighted by Gasteiger charge is -2.43. The van der Waals surface area contributed by atoms with E-state index in [-0.39, 0.29) is 12.7 Å². The fourth-order valence-corrected chi connectivity index (χ4v) is 6.54. The van der Waals surface area contributed by atoms with Crippen LogP contribution in [-0.4, -0.2) is 55.1 Å². The molecule has 0 aromatic heterocycles. The molecule has 6 rings (SSSR count). The molecule has 0 amide bonds. The second-order valence-electron chi connectivity index (χ2n) is 12.2. The number of esters is 1. The van der Waals surface area contributed by atoms with Crippen molar-refractivity contribution in [2.24, 2.45) is 0 Å². The molecule has 41 heavy (non-hydrogen) atoms. The van der Waals surface area contributed by atoms with Crippen LogP contribution in [0.15, 0.2) is 48.1 Å². The van der Waals surface area contributed by atoms with Gasteiger partial charge in [0.25, 0.3) is 0 Å². The first-order chi connectivity index (χ1) is 19.4. The largest absolute Gasteiger partial charge is 0.493 e. The molecule has 2 aromatic rings. The lowest BCUT2D eigenvalue weighted by molar-refractivity contribution is -0.239. The van der Waals surface area contributed by atoms with E-state index in [4.69, 9.17) is 28.4 Å². The summed E-state index contributed by atoms with van der Waals surface area (Å²) in [4.78, 5) is 13.9. The highest BCUT2D eigenvalue weighted by Gasteiger charge is 2.52. The second kappa shape index (κ2) is 9.42. The first kappa shape index (κ1) is 27.5. The highest BCUT2D eigenvalue weighted by molar-refractivity contribution is 5.92. The van der Waals surface area contributed by atoms with Gasteiger partial charge in [0.1, 0.15) is 42.2 Å². The number of fused-ring (bicyclic) bond motifs is 6. The molecule has 0 saturated heterocycles. The molecule has 0 saturated carbocycles. The van der Waals surface area contributed by atoms with Crippen LogP contribution in [0.5, 0.6) is 28.7 Å². The number of hydroxylamine groups is 2. The van der Waals surface area contributed by atoms with Gasteiger partial charge in [0.2, 0.25) is 0 Å². The summed E-state index contributed by atoms with van der Waals surface area (Å²) in [5.74, 6) is 2.09. The molecule has 217 valence electrons. The van der Waals surface area contributed by atoms with Crippen molar-refractivity contribution >= 4 is 5.97 Å². The first-order valence-corrected chi connectivity index (χ1v) is 13.8. The summed E-state index contributed by atoms with van der Waals surface area (Å²) in [7, 11) is 3.14. The third kappa shape index (κ3) is 4.16. The first-order valence-electron chi connectivity index (χ1n) is 13.8. The van der Waals surface area contributed by atoms with Crippen molar-refractivity contribution in [2.45, 2.75) is 76.3 Å². The normalized spacial score (nSPS) is 26.6. The zero-order chi connectivity index (χ0) is 29.4. The van der Waals surface area contributed by atoms with Crippen LogP contribution < -0.4 is 23.7 Å². The molecule has 0 fully saturated rings. The topological polar surface area (TPSA) is 95.6 Å². The number of rotatable bonds is 5. The summed E-state index contributed by atoms with van der Waals surface area (Å²) >= 11 is 0. The number of carbonyl (C=O) groups is 1. The van der Waals surface area contributed by atoms with E-state index in [1.807, 2.05) is 25.1 Å². The minimum absolute atomic E-state index is 0.159. The van der Waals surface area contributed by atoms with E-state index < -0.39 is 35.2 Å². The molecular formula is C32H36NO8. The van der Waals surface area contributed by atoms with E-state index >= 15 is 0 Å². The van der Waals surface area contributed by atoms with Gasteiger partial charge in [-0.25, -0.2) is 4.79 Å². The molecule has 0 bridgehead atoms. The molecule has 1 radical (unpaired) electrons. The van der Waals surface area contributed by atoms with Crippen LogP contribution in [0.4, 0.5) is 0 Å². The molecule has 2 aromatic carbocycles. The highest BCUT2D eigenvalue weighted by Crippen LogP contribution is 2.55. The van der Waals surface area contributed by atoms with Gasteiger partial charge in [-0.15, -0.1) is 10.3 Å². The minimum atomic E-state index is -1.06. The van der Waals surface area contributed by atoms with Gasteiger partial charge in [-0.1, -0.05) is 6.58 Å². The summed E-state index contributed by atoms with van der Waals surface area (Å²) in [6, 6.07) is 7.44. The Hall–Kier alpha value is -3.69. The minimum Gasteiger partial charge on any atom is -0.493 e. The van der Waals surface area contributed by atoms with E-state index in [9.17, 15) is 10.0 Å². The van der Waals surface area contributed by atoms with Crippen molar-refractivity contribution < 1.29 is 38.4 Å². The quantitative estimate of drug-likeness (QED) is 0.360. The lowest BCUT2D eigenvalue weighted by Crippen LogP contribution is -2.48. The Morgan fingerprint density at radius 1 is 1.02 bits per heavy atom. The van der Waals surface area contributed by atoms with Crippen LogP contribution in [0, 0.1) is 0 Å². The molecule has 9 nitrogen and oxygen atoms in total. The highest BCUT2D eigenvalue weighted by atomic mass is 16.6. The van der Waals surface area contributed by atoms with Crippen LogP contribution >= 0.6 is 0 Å². The fraction of sp³-hybridized carbons (Fsp3) is 0.469. The van der Waals surface area contributed by atoms with Crippen molar-refractivity contribution in [3.63, 3.8) is 0 Å². The molecular weight excluding hydrogens is 526 g/mol. The van der Waals surface area contributed by atoms with Crippen molar-refractivity contribution in [1.82, 2.24) is 5.06 Å². The van der Waals surface area contributed by atoms with Crippen LogP contribution in [0.25, 0.3) is 0 Å². The maximum Gasteiger partial charge on any atom is 0.336 e. The summed E-state index contributed by atoms with van der Waals surface area (Å²) < 4.78 is 36.5. The maximum atomic E-state index is 13.9. The van der Waals surface area contributed by atoms with Gasteiger partial charge in [0.15, 0.2) is 11.5 Å². The van der Waals surface area contributed by atoms with Gasteiger partial charge < -0.3 is 28.4 Å². The van der Waals surface area contributed by atoms with Crippen molar-refractivity contribution in [1.29, 1.82) is 0 Å². The van der Waals surface area contributed by atoms with Crippen LogP contribution in [-0.2, 0) is 21.2 Å². The third-order valence-electron chi connectivity index (χ3n) is 8.68. The zero-order valence-corrected chi connectivity index (χ0v) is 24.5. The predicted octanol–water partition coefficient (Wildman–Crippen LogP) is 5.25. The number of hydrogen-bond donors (Lipinski definition) is 0. The smallest absolute Gasteiger partial charge is 0.336 e. The monoisotopic (exact) mass is 562 g/mol. The number of carbonyl (C=O) groups excluding carboxylic acids is 1. The molecule has 4 heterocycles. The van der Waals surface area contributed by atoms with Crippen LogP contribution in [0.1, 0.15) is 63.3 Å². The molecule has 0 spiro atoms. The molecule has 0 N–H and O–H groups in total. The number of ether oxygens (including phenoxy) is 6. The van der Waals surface area contributed by atoms with E-state index in [0.29, 0.717) is 35.0 Å². The van der Waals surface area contributed by atoms with Crippen molar-refractivity contribution in [3.8, 4) is 28.7 Å². The summed E-state index contributed by atoms with van der Waals surface area (Å²) in [6.45, 7) is 13.3. The molecule has 4 aliphatic heterocycles. The molecule has 9 heteroatoms. The maximum absolute atomic E-state index is 13.9. The van der Waals surface area contributed by atoms with E-state index in [0.717, 1.165) is 33.1 Å². The van der Waals surface area contributed by atoms with Gasteiger partial charge in [-0.2, -0.15) is 0 Å². The Balaban J connectivity index is 1.47. The van der Waals surface area contributed by atoms with Gasteiger partial charge in [-0.05, 0) is 64.5 Å². The van der Waals surface area contributed by atoms with E-state index in [1.54, 1.807) is 54.1 Å². The standard InChI is InChI=1S/C32H36NO8/c1-16(2)22-12-19-21(39-22)10-9-17-28(19)40-26-15-38-23-13-25(37-8)24(36-7)11-18(23)27(26)29(17)41-30(34)20-14-31(3,4)33(35)32(20,5)6/h9-11,13-14,22,26-27,29H,1,12,15H2,2-8H3/t22-,26-,27+,29-/m1/s1. The molecule has 4 atom stereocenters. The van der Waals surface area contributed by atoms with Crippen molar-refractivity contribution in [3.05, 3.63) is 64.8 Å². The number of benzene rings is 2. The third-order valence-corrected chi connectivity index (χ3v) is 8.68. The van der Waals surface area contributed by atoms with Gasteiger partial charge >= 0.3 is 5.97 Å². The zero-order valence-electron chi connectivity index (χ0n) is 24.5.